The van der Waals surface area contributed by atoms with Crippen molar-refractivity contribution in [1.82, 2.24) is 9.97 Å². The van der Waals surface area contributed by atoms with E-state index in [1.165, 1.54) is 6.33 Å². The van der Waals surface area contributed by atoms with Crippen LogP contribution in [0.5, 0.6) is 0 Å². The highest BCUT2D eigenvalue weighted by atomic mass is 35.5. The molecule has 0 aliphatic rings. The maximum absolute atomic E-state index is 5.95. The Morgan fingerprint density at radius 3 is 2.78 bits per heavy atom. The molecule has 0 radical (unpaired) electrons. The minimum atomic E-state index is 0.300. The van der Waals surface area contributed by atoms with Gasteiger partial charge in [-0.2, -0.15) is 0 Å². The van der Waals surface area contributed by atoms with Crippen molar-refractivity contribution in [2.24, 2.45) is 0 Å². The van der Waals surface area contributed by atoms with Crippen LogP contribution in [0, 0.1) is 0 Å². The molecule has 1 aromatic rings. The lowest BCUT2D eigenvalue weighted by molar-refractivity contribution is 0.0765. The van der Waals surface area contributed by atoms with Gasteiger partial charge >= 0.3 is 0 Å². The Bertz CT molecular complexity index is 360. The molecule has 5 nitrogen and oxygen atoms in total. The van der Waals surface area contributed by atoms with Crippen molar-refractivity contribution in [3.05, 3.63) is 11.5 Å². The summed E-state index contributed by atoms with van der Waals surface area (Å²) in [5.41, 5.74) is 0.734. The third-order valence-electron chi connectivity index (χ3n) is 2.37. The third kappa shape index (κ3) is 5.06. The smallest absolute Gasteiger partial charge is 0.157 e. The quantitative estimate of drug-likeness (QED) is 0.563. The fraction of sp³-hybridized carbons (Fsp3) is 0.667. The minimum absolute atomic E-state index is 0.300. The van der Waals surface area contributed by atoms with E-state index in [4.69, 9.17) is 16.3 Å². The minimum Gasteiger partial charge on any atom is -0.383 e. The molecule has 0 aliphatic carbocycles. The number of nitrogens with one attached hydrogen (secondary N) is 2. The zero-order valence-electron chi connectivity index (χ0n) is 11.2. The lowest BCUT2D eigenvalue weighted by Crippen LogP contribution is -2.09. The summed E-state index contributed by atoms with van der Waals surface area (Å²) in [7, 11) is 1.80. The molecule has 18 heavy (non-hydrogen) atoms. The Morgan fingerprint density at radius 2 is 2.11 bits per heavy atom. The maximum atomic E-state index is 5.95. The molecular formula is C12H21ClN4O. The van der Waals surface area contributed by atoms with E-state index in [0.717, 1.165) is 37.5 Å². The molecule has 0 saturated heterocycles. The Balaban J connectivity index is 2.29. The van der Waals surface area contributed by atoms with Gasteiger partial charge in [0.05, 0.1) is 6.10 Å². The second-order valence-corrected chi connectivity index (χ2v) is 4.55. The van der Waals surface area contributed by atoms with Gasteiger partial charge in [-0.25, -0.2) is 9.97 Å². The summed E-state index contributed by atoms with van der Waals surface area (Å²) in [6, 6.07) is 0. The molecule has 1 heterocycles. The summed E-state index contributed by atoms with van der Waals surface area (Å²) >= 11 is 5.95. The molecule has 0 spiro atoms. The molecule has 1 aromatic heterocycles. The second kappa shape index (κ2) is 8.11. The monoisotopic (exact) mass is 272 g/mol. The van der Waals surface area contributed by atoms with E-state index in [9.17, 15) is 0 Å². The van der Waals surface area contributed by atoms with Gasteiger partial charge in [0.1, 0.15) is 12.0 Å². The molecule has 0 amide bonds. The average molecular weight is 273 g/mol. The number of ether oxygens (including phenoxy) is 1. The second-order valence-electron chi connectivity index (χ2n) is 4.19. The molecule has 0 fully saturated rings. The van der Waals surface area contributed by atoms with Gasteiger partial charge in [-0.15, -0.1) is 0 Å². The summed E-state index contributed by atoms with van der Waals surface area (Å²) in [6.07, 6.45) is 3.80. The zero-order valence-corrected chi connectivity index (χ0v) is 11.9. The van der Waals surface area contributed by atoms with Crippen molar-refractivity contribution < 1.29 is 4.74 Å². The summed E-state index contributed by atoms with van der Waals surface area (Å²) in [6.45, 7) is 5.72. The standard InChI is InChI=1S/C12H21ClN4O/c1-9(2)18-7-5-4-6-15-12-10(14-3)11(13)16-8-17-12/h8-9,14H,4-7H2,1-3H3,(H,15,16,17). The highest BCUT2D eigenvalue weighted by Crippen LogP contribution is 2.25. The van der Waals surface area contributed by atoms with Crippen LogP contribution >= 0.6 is 11.6 Å². The number of hydrogen-bond acceptors (Lipinski definition) is 5. The number of aromatic nitrogens is 2. The van der Waals surface area contributed by atoms with Crippen molar-refractivity contribution in [3.63, 3.8) is 0 Å². The van der Waals surface area contributed by atoms with Crippen LogP contribution in [0.2, 0.25) is 5.15 Å². The topological polar surface area (TPSA) is 59.1 Å². The van der Waals surface area contributed by atoms with Crippen molar-refractivity contribution in [3.8, 4) is 0 Å². The predicted molar refractivity (Wildman–Crippen MR) is 75.4 cm³/mol. The Hall–Kier alpha value is -1.07. The fourth-order valence-electron chi connectivity index (χ4n) is 1.47. The molecular weight excluding hydrogens is 252 g/mol. The van der Waals surface area contributed by atoms with Gasteiger partial charge in [0.2, 0.25) is 0 Å². The van der Waals surface area contributed by atoms with E-state index in [1.54, 1.807) is 7.05 Å². The van der Waals surface area contributed by atoms with Crippen LogP contribution in [0.25, 0.3) is 0 Å². The van der Waals surface area contributed by atoms with E-state index in [2.05, 4.69) is 20.6 Å². The van der Waals surface area contributed by atoms with Crippen LogP contribution in [0.1, 0.15) is 26.7 Å². The Kier molecular flexibility index (Phi) is 6.75. The lowest BCUT2D eigenvalue weighted by Gasteiger charge is -2.11. The van der Waals surface area contributed by atoms with Crippen LogP contribution in [-0.2, 0) is 4.74 Å². The fourth-order valence-corrected chi connectivity index (χ4v) is 1.70. The maximum Gasteiger partial charge on any atom is 0.157 e. The predicted octanol–water partition coefficient (Wildman–Crippen LogP) is 2.79. The molecule has 0 aliphatic heterocycles. The van der Waals surface area contributed by atoms with Gasteiger partial charge in [-0.05, 0) is 26.7 Å². The van der Waals surface area contributed by atoms with Crippen LogP contribution < -0.4 is 10.6 Å². The first-order valence-electron chi connectivity index (χ1n) is 6.19. The van der Waals surface area contributed by atoms with E-state index < -0.39 is 0 Å². The van der Waals surface area contributed by atoms with E-state index >= 15 is 0 Å². The number of nitrogens with zero attached hydrogens (tertiary/aromatic N) is 2. The van der Waals surface area contributed by atoms with Crippen molar-refractivity contribution in [2.75, 3.05) is 30.8 Å². The van der Waals surface area contributed by atoms with Crippen LogP contribution in [0.4, 0.5) is 11.5 Å². The van der Waals surface area contributed by atoms with Gasteiger partial charge in [-0.3, -0.25) is 0 Å². The van der Waals surface area contributed by atoms with Crippen LogP contribution in [-0.4, -0.2) is 36.3 Å². The third-order valence-corrected chi connectivity index (χ3v) is 2.65. The normalized spacial score (nSPS) is 10.7. The lowest BCUT2D eigenvalue weighted by atomic mass is 10.3. The first kappa shape index (κ1) is 15.0. The van der Waals surface area contributed by atoms with Crippen LogP contribution in [0.3, 0.4) is 0 Å². The zero-order chi connectivity index (χ0) is 13.4. The van der Waals surface area contributed by atoms with Crippen molar-refractivity contribution in [2.45, 2.75) is 32.8 Å². The number of anilines is 2. The van der Waals surface area contributed by atoms with E-state index in [0.29, 0.717) is 11.3 Å². The molecule has 102 valence electrons. The molecule has 0 atom stereocenters. The molecule has 0 aromatic carbocycles. The van der Waals surface area contributed by atoms with Gasteiger partial charge < -0.3 is 15.4 Å². The van der Waals surface area contributed by atoms with Gasteiger partial charge in [0.25, 0.3) is 0 Å². The van der Waals surface area contributed by atoms with Gasteiger partial charge in [0, 0.05) is 20.2 Å². The number of unbranched alkanes of at least 4 members (excludes halogenated alkanes) is 1. The molecule has 0 bridgehead atoms. The molecule has 0 unspecified atom stereocenters. The average Bonchev–Trinajstić information content (AvgIpc) is 2.33. The SMILES string of the molecule is CNc1c(Cl)ncnc1NCCCCOC(C)C. The number of hydrogen-bond donors (Lipinski definition) is 2. The summed E-state index contributed by atoms with van der Waals surface area (Å²) in [4.78, 5) is 8.08. The summed E-state index contributed by atoms with van der Waals surface area (Å²) in [5.74, 6) is 0.738. The number of rotatable bonds is 8. The summed E-state index contributed by atoms with van der Waals surface area (Å²) in [5, 5.41) is 6.66. The molecule has 2 N–H and O–H groups in total. The van der Waals surface area contributed by atoms with Gasteiger partial charge in [0.15, 0.2) is 11.0 Å². The molecule has 1 rings (SSSR count). The molecule has 0 saturated carbocycles. The first-order chi connectivity index (χ1) is 8.65. The summed E-state index contributed by atoms with van der Waals surface area (Å²) < 4.78 is 5.47. The Labute approximate surface area is 113 Å². The highest BCUT2D eigenvalue weighted by Gasteiger charge is 2.06. The largest absolute Gasteiger partial charge is 0.383 e. The highest BCUT2D eigenvalue weighted by molar-refractivity contribution is 6.32. The number of halogens is 1. The van der Waals surface area contributed by atoms with E-state index in [-0.39, 0.29) is 0 Å². The van der Waals surface area contributed by atoms with Crippen molar-refractivity contribution in [1.29, 1.82) is 0 Å². The van der Waals surface area contributed by atoms with Crippen LogP contribution in [0.15, 0.2) is 6.33 Å². The van der Waals surface area contributed by atoms with E-state index in [1.807, 2.05) is 13.8 Å². The Morgan fingerprint density at radius 1 is 1.33 bits per heavy atom. The van der Waals surface area contributed by atoms with Gasteiger partial charge in [-0.1, -0.05) is 11.6 Å². The molecule has 6 heteroatoms. The first-order valence-corrected chi connectivity index (χ1v) is 6.56. The van der Waals surface area contributed by atoms with Crippen molar-refractivity contribution >= 4 is 23.1 Å².